The average Bonchev–Trinajstić information content (AvgIpc) is 2.69. The summed E-state index contributed by atoms with van der Waals surface area (Å²) in [5, 5.41) is 13.0. The number of para-hydroxylation sites is 1. The summed E-state index contributed by atoms with van der Waals surface area (Å²) in [4.78, 5) is 4.12. The van der Waals surface area contributed by atoms with Gasteiger partial charge in [0, 0.05) is 0 Å². The van der Waals surface area contributed by atoms with Gasteiger partial charge < -0.3 is 20.1 Å². The molecule has 9 heteroatoms. The van der Waals surface area contributed by atoms with Gasteiger partial charge in [-0.15, -0.1) is 5.10 Å². The van der Waals surface area contributed by atoms with E-state index >= 15 is 0 Å². The molecule has 0 aliphatic rings. The van der Waals surface area contributed by atoms with Crippen LogP contribution in [0.3, 0.4) is 0 Å². The maximum atomic E-state index is 13.7. The summed E-state index contributed by atoms with van der Waals surface area (Å²) in [5.74, 6) is 0.326. The van der Waals surface area contributed by atoms with E-state index in [-0.39, 0.29) is 11.6 Å². The molecule has 3 aromatic rings. The molecule has 2 aromatic carbocycles. The minimum atomic E-state index is -0.746. The van der Waals surface area contributed by atoms with E-state index in [0.717, 1.165) is 17.9 Å². The number of hydrogen-bond donors (Lipinski definition) is 2. The van der Waals surface area contributed by atoms with E-state index in [1.165, 1.54) is 12.3 Å². The van der Waals surface area contributed by atoms with Gasteiger partial charge in [-0.2, -0.15) is 10.1 Å². The number of aromatic nitrogens is 3. The van der Waals surface area contributed by atoms with Gasteiger partial charge in [0.2, 0.25) is 5.95 Å². The van der Waals surface area contributed by atoms with Crippen LogP contribution >= 0.6 is 0 Å². The van der Waals surface area contributed by atoms with E-state index in [0.29, 0.717) is 24.7 Å². The van der Waals surface area contributed by atoms with Crippen molar-refractivity contribution in [3.8, 4) is 11.5 Å². The molecule has 0 saturated carbocycles. The minimum absolute atomic E-state index is 0.0277. The summed E-state index contributed by atoms with van der Waals surface area (Å²) in [6, 6.07) is 10.8. The van der Waals surface area contributed by atoms with Crippen LogP contribution in [0.5, 0.6) is 11.5 Å². The molecule has 27 heavy (non-hydrogen) atoms. The van der Waals surface area contributed by atoms with Gasteiger partial charge in [0.1, 0.15) is 35.4 Å². The molecule has 0 fully saturated rings. The van der Waals surface area contributed by atoms with E-state index in [1.54, 1.807) is 31.4 Å². The fourth-order valence-electron chi connectivity index (χ4n) is 2.19. The smallest absolute Gasteiger partial charge is 0.249 e. The van der Waals surface area contributed by atoms with Crippen LogP contribution in [0.2, 0.25) is 0 Å². The number of nitrogens with zero attached hydrogens (tertiary/aromatic N) is 3. The molecule has 0 bridgehead atoms. The zero-order valence-corrected chi connectivity index (χ0v) is 14.4. The van der Waals surface area contributed by atoms with E-state index in [2.05, 4.69) is 25.8 Å². The highest BCUT2D eigenvalue weighted by Crippen LogP contribution is 2.21. The lowest BCUT2D eigenvalue weighted by molar-refractivity contribution is 0.331. The molecule has 0 amide bonds. The summed E-state index contributed by atoms with van der Waals surface area (Å²) in [5.41, 5.74) is -0.334. The van der Waals surface area contributed by atoms with Crippen molar-refractivity contribution in [2.45, 2.75) is 0 Å². The van der Waals surface area contributed by atoms with Crippen LogP contribution in [0.15, 0.2) is 48.7 Å². The summed E-state index contributed by atoms with van der Waals surface area (Å²) in [7, 11) is 1.60. The molecule has 0 radical (unpaired) electrons. The van der Waals surface area contributed by atoms with Crippen molar-refractivity contribution < 1.29 is 18.3 Å². The lowest BCUT2D eigenvalue weighted by Crippen LogP contribution is -2.13. The van der Waals surface area contributed by atoms with Gasteiger partial charge in [0.05, 0.1) is 19.9 Å². The van der Waals surface area contributed by atoms with Gasteiger partial charge in [-0.25, -0.2) is 8.78 Å². The average molecular weight is 373 g/mol. The number of anilines is 3. The molecule has 7 nitrogen and oxygen atoms in total. The fourth-order valence-corrected chi connectivity index (χ4v) is 2.19. The van der Waals surface area contributed by atoms with Crippen LogP contribution in [0, 0.1) is 11.6 Å². The fraction of sp³-hybridized carbons (Fsp3) is 0.167. The Morgan fingerprint density at radius 3 is 2.41 bits per heavy atom. The number of halogens is 2. The molecular weight excluding hydrogens is 356 g/mol. The molecule has 1 heterocycles. The van der Waals surface area contributed by atoms with Crippen molar-refractivity contribution in [3.63, 3.8) is 0 Å². The van der Waals surface area contributed by atoms with Gasteiger partial charge in [0.15, 0.2) is 5.82 Å². The molecule has 3 rings (SSSR count). The number of ether oxygens (including phenoxy) is 2. The van der Waals surface area contributed by atoms with Crippen molar-refractivity contribution in [1.82, 2.24) is 15.2 Å². The van der Waals surface area contributed by atoms with Crippen LogP contribution in [0.1, 0.15) is 0 Å². The molecule has 0 aliphatic carbocycles. The summed E-state index contributed by atoms with van der Waals surface area (Å²) < 4.78 is 38.0. The maximum Gasteiger partial charge on any atom is 0.249 e. The van der Waals surface area contributed by atoms with E-state index in [1.807, 2.05) is 0 Å². The number of rotatable bonds is 8. The third-order valence-electron chi connectivity index (χ3n) is 3.49. The monoisotopic (exact) mass is 373 g/mol. The van der Waals surface area contributed by atoms with Gasteiger partial charge >= 0.3 is 0 Å². The molecule has 0 unspecified atom stereocenters. The van der Waals surface area contributed by atoms with E-state index in [9.17, 15) is 8.78 Å². The van der Waals surface area contributed by atoms with Crippen molar-refractivity contribution in [2.75, 3.05) is 30.9 Å². The predicted octanol–water partition coefficient (Wildman–Crippen LogP) is 3.39. The Kier molecular flexibility index (Phi) is 5.93. The Bertz CT molecular complexity index is 873. The lowest BCUT2D eigenvalue weighted by atomic mass is 10.3. The maximum absolute atomic E-state index is 13.7. The molecule has 0 atom stereocenters. The van der Waals surface area contributed by atoms with E-state index in [4.69, 9.17) is 9.47 Å². The third kappa shape index (κ3) is 5.00. The van der Waals surface area contributed by atoms with Crippen LogP contribution in [-0.4, -0.2) is 35.4 Å². The summed E-state index contributed by atoms with van der Waals surface area (Å²) in [6.45, 7) is 0.819. The zero-order valence-electron chi connectivity index (χ0n) is 14.4. The summed E-state index contributed by atoms with van der Waals surface area (Å²) in [6.07, 6.45) is 1.40. The first-order valence-electron chi connectivity index (χ1n) is 8.07. The van der Waals surface area contributed by atoms with Gasteiger partial charge in [-0.3, -0.25) is 0 Å². The van der Waals surface area contributed by atoms with Crippen molar-refractivity contribution in [3.05, 3.63) is 60.3 Å². The van der Waals surface area contributed by atoms with Gasteiger partial charge in [-0.1, -0.05) is 6.07 Å². The second-order valence-corrected chi connectivity index (χ2v) is 5.34. The topological polar surface area (TPSA) is 81.2 Å². The Labute approximate surface area is 154 Å². The van der Waals surface area contributed by atoms with Crippen LogP contribution in [0.25, 0.3) is 0 Å². The second-order valence-electron chi connectivity index (χ2n) is 5.34. The minimum Gasteiger partial charge on any atom is -0.497 e. The van der Waals surface area contributed by atoms with Crippen molar-refractivity contribution >= 4 is 17.5 Å². The lowest BCUT2D eigenvalue weighted by Gasteiger charge is -2.10. The van der Waals surface area contributed by atoms with Gasteiger partial charge in [-0.05, 0) is 36.4 Å². The highest BCUT2D eigenvalue weighted by atomic mass is 19.1. The molecule has 0 aliphatic heterocycles. The largest absolute Gasteiger partial charge is 0.497 e. The second kappa shape index (κ2) is 8.75. The first-order chi connectivity index (χ1) is 13.2. The predicted molar refractivity (Wildman–Crippen MR) is 96.4 cm³/mol. The third-order valence-corrected chi connectivity index (χ3v) is 3.49. The first kappa shape index (κ1) is 18.3. The van der Waals surface area contributed by atoms with Crippen molar-refractivity contribution in [1.29, 1.82) is 0 Å². The molecule has 140 valence electrons. The quantitative estimate of drug-likeness (QED) is 0.586. The molecule has 0 spiro atoms. The van der Waals surface area contributed by atoms with Crippen LogP contribution < -0.4 is 20.1 Å². The Balaban J connectivity index is 1.53. The highest BCUT2D eigenvalue weighted by molar-refractivity contribution is 5.55. The highest BCUT2D eigenvalue weighted by Gasteiger charge is 2.10. The summed E-state index contributed by atoms with van der Waals surface area (Å²) >= 11 is 0. The first-order valence-corrected chi connectivity index (χ1v) is 8.07. The standard InChI is InChI=1S/C18H17F2N5O2/c1-26-12-5-7-13(8-6-12)27-10-9-21-16-11-22-25-18(23-16)24-17-14(19)3-2-4-15(17)20/h2-8,11H,9-10H2,1H3,(H2,21,23,24,25). The number of benzene rings is 2. The van der Waals surface area contributed by atoms with Crippen molar-refractivity contribution in [2.24, 2.45) is 0 Å². The molecule has 2 N–H and O–H groups in total. The SMILES string of the molecule is COc1ccc(OCCNc2cnnc(Nc3c(F)cccc3F)n2)cc1. The molecular formula is C18H17F2N5O2. The van der Waals surface area contributed by atoms with Gasteiger partial charge in [0.25, 0.3) is 0 Å². The Morgan fingerprint density at radius 1 is 1.00 bits per heavy atom. The molecule has 0 saturated heterocycles. The number of methoxy groups -OCH3 is 1. The molecule has 1 aromatic heterocycles. The van der Waals surface area contributed by atoms with E-state index < -0.39 is 11.6 Å². The number of hydrogen-bond acceptors (Lipinski definition) is 7. The number of nitrogens with one attached hydrogen (secondary N) is 2. The normalized spacial score (nSPS) is 10.3. The Morgan fingerprint density at radius 2 is 1.70 bits per heavy atom. The Hall–Kier alpha value is -3.49. The van der Waals surface area contributed by atoms with Crippen LogP contribution in [0.4, 0.5) is 26.2 Å². The zero-order chi connectivity index (χ0) is 19.1. The van der Waals surface area contributed by atoms with Crippen LogP contribution in [-0.2, 0) is 0 Å².